The summed E-state index contributed by atoms with van der Waals surface area (Å²) in [6.45, 7) is 8.71. The van der Waals surface area contributed by atoms with Crippen molar-refractivity contribution in [2.45, 2.75) is 26.7 Å². The van der Waals surface area contributed by atoms with E-state index >= 15 is 0 Å². The zero-order valence-electron chi connectivity index (χ0n) is 9.05. The average molecular weight is 190 g/mol. The lowest BCUT2D eigenvalue weighted by atomic mass is 10.1. The van der Waals surface area contributed by atoms with Gasteiger partial charge in [-0.05, 0) is 37.0 Å². The molecule has 0 radical (unpaired) electrons. The van der Waals surface area contributed by atoms with Crippen molar-refractivity contribution in [1.82, 2.24) is 0 Å². The minimum Gasteiger partial charge on any atom is -0.493 e. The van der Waals surface area contributed by atoms with Crippen molar-refractivity contribution in [2.24, 2.45) is 0 Å². The highest BCUT2D eigenvalue weighted by molar-refractivity contribution is 5.36. The Labute approximate surface area is 86.4 Å². The molecule has 1 aromatic rings. The molecular formula is C13H18O. The molecule has 76 valence electrons. The Balaban J connectivity index is 2.73. The number of hydrogen-bond donors (Lipinski definition) is 0. The van der Waals surface area contributed by atoms with Crippen LogP contribution in [0.5, 0.6) is 5.75 Å². The topological polar surface area (TPSA) is 9.23 Å². The zero-order chi connectivity index (χ0) is 10.4. The van der Waals surface area contributed by atoms with Crippen LogP contribution >= 0.6 is 0 Å². The number of ether oxygens (including phenoxy) is 1. The van der Waals surface area contributed by atoms with Crippen molar-refractivity contribution in [3.8, 4) is 5.75 Å². The number of allylic oxidation sites excluding steroid dienone is 1. The van der Waals surface area contributed by atoms with Crippen LogP contribution in [0.2, 0.25) is 0 Å². The summed E-state index contributed by atoms with van der Waals surface area (Å²) in [7, 11) is 0. The largest absolute Gasteiger partial charge is 0.493 e. The molecule has 0 N–H and O–H groups in total. The smallest absolute Gasteiger partial charge is 0.122 e. The molecule has 1 heteroatoms. The Hall–Kier alpha value is -1.24. The molecule has 0 atom stereocenters. The van der Waals surface area contributed by atoms with Crippen LogP contribution in [-0.4, -0.2) is 6.61 Å². The van der Waals surface area contributed by atoms with Gasteiger partial charge in [-0.25, -0.2) is 0 Å². The van der Waals surface area contributed by atoms with E-state index in [-0.39, 0.29) is 0 Å². The lowest BCUT2D eigenvalue weighted by molar-refractivity contribution is 0.315. The van der Waals surface area contributed by atoms with E-state index in [1.54, 1.807) is 0 Å². The number of rotatable bonds is 5. The molecule has 0 saturated heterocycles. The molecule has 14 heavy (non-hydrogen) atoms. The normalized spacial score (nSPS) is 9.86. The van der Waals surface area contributed by atoms with Gasteiger partial charge in [0.1, 0.15) is 5.75 Å². The van der Waals surface area contributed by atoms with E-state index in [0.717, 1.165) is 25.2 Å². The third-order valence-corrected chi connectivity index (χ3v) is 2.08. The molecule has 0 aliphatic heterocycles. The van der Waals surface area contributed by atoms with E-state index in [0.29, 0.717) is 0 Å². The van der Waals surface area contributed by atoms with Gasteiger partial charge in [0.05, 0.1) is 6.61 Å². The molecule has 0 aromatic heterocycles. The van der Waals surface area contributed by atoms with Gasteiger partial charge in [-0.1, -0.05) is 25.1 Å². The van der Waals surface area contributed by atoms with Gasteiger partial charge in [0.15, 0.2) is 0 Å². The maximum Gasteiger partial charge on any atom is 0.122 e. The van der Waals surface area contributed by atoms with Gasteiger partial charge >= 0.3 is 0 Å². The van der Waals surface area contributed by atoms with Crippen molar-refractivity contribution in [3.63, 3.8) is 0 Å². The van der Waals surface area contributed by atoms with Crippen LogP contribution in [0.3, 0.4) is 0 Å². The van der Waals surface area contributed by atoms with E-state index in [9.17, 15) is 0 Å². The first-order chi connectivity index (χ1) is 6.77. The zero-order valence-corrected chi connectivity index (χ0v) is 9.05. The maximum absolute atomic E-state index is 5.59. The average Bonchev–Trinajstić information content (AvgIpc) is 2.17. The SMILES string of the molecule is C=CCc1ccc(OCCC)c(C)c1. The predicted octanol–water partition coefficient (Wildman–Crippen LogP) is 3.51. The fraction of sp³-hybridized carbons (Fsp3) is 0.385. The van der Waals surface area contributed by atoms with E-state index < -0.39 is 0 Å². The van der Waals surface area contributed by atoms with Crippen molar-refractivity contribution < 1.29 is 4.74 Å². The molecule has 1 aromatic carbocycles. The number of hydrogen-bond acceptors (Lipinski definition) is 1. The molecule has 0 amide bonds. The van der Waals surface area contributed by atoms with Crippen LogP contribution in [0.4, 0.5) is 0 Å². The van der Waals surface area contributed by atoms with Gasteiger partial charge in [-0.3, -0.25) is 0 Å². The first kappa shape index (κ1) is 10.8. The molecule has 0 bridgehead atoms. The summed E-state index contributed by atoms with van der Waals surface area (Å²) in [6.07, 6.45) is 3.89. The minimum absolute atomic E-state index is 0.793. The second-order valence-electron chi connectivity index (χ2n) is 3.44. The summed E-state index contributed by atoms with van der Waals surface area (Å²) in [4.78, 5) is 0. The van der Waals surface area contributed by atoms with Gasteiger partial charge in [0, 0.05) is 0 Å². The van der Waals surface area contributed by atoms with Crippen LogP contribution in [0, 0.1) is 6.92 Å². The molecule has 0 saturated carbocycles. The van der Waals surface area contributed by atoms with Crippen LogP contribution in [-0.2, 0) is 6.42 Å². The van der Waals surface area contributed by atoms with Crippen LogP contribution in [0.25, 0.3) is 0 Å². The molecular weight excluding hydrogens is 172 g/mol. The number of benzene rings is 1. The van der Waals surface area contributed by atoms with Crippen LogP contribution < -0.4 is 4.74 Å². The second-order valence-corrected chi connectivity index (χ2v) is 3.44. The lowest BCUT2D eigenvalue weighted by Gasteiger charge is -2.08. The van der Waals surface area contributed by atoms with Crippen LogP contribution in [0.1, 0.15) is 24.5 Å². The Morgan fingerprint density at radius 1 is 1.43 bits per heavy atom. The lowest BCUT2D eigenvalue weighted by Crippen LogP contribution is -1.97. The van der Waals surface area contributed by atoms with Crippen molar-refractivity contribution in [1.29, 1.82) is 0 Å². The van der Waals surface area contributed by atoms with Gasteiger partial charge in [-0.2, -0.15) is 0 Å². The summed E-state index contributed by atoms with van der Waals surface area (Å²) in [5, 5.41) is 0. The molecule has 0 heterocycles. The Morgan fingerprint density at radius 2 is 2.21 bits per heavy atom. The summed E-state index contributed by atoms with van der Waals surface area (Å²) >= 11 is 0. The van der Waals surface area contributed by atoms with Gasteiger partial charge in [-0.15, -0.1) is 6.58 Å². The fourth-order valence-corrected chi connectivity index (χ4v) is 1.38. The molecule has 1 rings (SSSR count). The van der Waals surface area contributed by atoms with E-state index in [2.05, 4.69) is 32.6 Å². The second kappa shape index (κ2) is 5.48. The quantitative estimate of drug-likeness (QED) is 0.645. The summed E-state index contributed by atoms with van der Waals surface area (Å²) in [5.74, 6) is 1.000. The van der Waals surface area contributed by atoms with Gasteiger partial charge in [0.2, 0.25) is 0 Å². The third kappa shape index (κ3) is 2.91. The van der Waals surface area contributed by atoms with Crippen LogP contribution in [0.15, 0.2) is 30.9 Å². The van der Waals surface area contributed by atoms with E-state index in [4.69, 9.17) is 4.74 Å². The fourth-order valence-electron chi connectivity index (χ4n) is 1.38. The van der Waals surface area contributed by atoms with Crippen molar-refractivity contribution >= 4 is 0 Å². The Morgan fingerprint density at radius 3 is 2.79 bits per heavy atom. The maximum atomic E-state index is 5.59. The molecule has 0 fully saturated rings. The highest BCUT2D eigenvalue weighted by Gasteiger charge is 1.99. The molecule has 1 nitrogen and oxygen atoms in total. The Kier molecular flexibility index (Phi) is 4.24. The molecule has 0 unspecified atom stereocenters. The standard InChI is InChI=1S/C13H18O/c1-4-6-12-7-8-13(11(3)10-12)14-9-5-2/h4,7-8,10H,1,5-6,9H2,2-3H3. The number of aryl methyl sites for hydroxylation is 1. The molecule has 0 spiro atoms. The van der Waals surface area contributed by atoms with Crippen molar-refractivity contribution in [2.75, 3.05) is 6.61 Å². The summed E-state index contributed by atoms with van der Waals surface area (Å²) in [6, 6.07) is 6.30. The third-order valence-electron chi connectivity index (χ3n) is 2.08. The molecule has 0 aliphatic carbocycles. The minimum atomic E-state index is 0.793. The first-order valence-electron chi connectivity index (χ1n) is 5.11. The van der Waals surface area contributed by atoms with E-state index in [1.165, 1.54) is 11.1 Å². The monoisotopic (exact) mass is 190 g/mol. The van der Waals surface area contributed by atoms with Crippen molar-refractivity contribution in [3.05, 3.63) is 42.0 Å². The predicted molar refractivity (Wildman–Crippen MR) is 60.9 cm³/mol. The van der Waals surface area contributed by atoms with Gasteiger partial charge < -0.3 is 4.74 Å². The highest BCUT2D eigenvalue weighted by atomic mass is 16.5. The van der Waals surface area contributed by atoms with Gasteiger partial charge in [0.25, 0.3) is 0 Å². The highest BCUT2D eigenvalue weighted by Crippen LogP contribution is 2.19. The summed E-state index contributed by atoms with van der Waals surface area (Å²) in [5.41, 5.74) is 2.50. The van der Waals surface area contributed by atoms with E-state index in [1.807, 2.05) is 12.1 Å². The Bertz CT molecular complexity index is 302. The summed E-state index contributed by atoms with van der Waals surface area (Å²) < 4.78 is 5.59. The first-order valence-corrected chi connectivity index (χ1v) is 5.11. The molecule has 0 aliphatic rings.